The number of nitrogens with one attached hydrogen (secondary N) is 1. The number of aryl methyl sites for hydroxylation is 1. The minimum atomic E-state index is -0.348. The molecule has 0 saturated heterocycles. The van der Waals surface area contributed by atoms with Crippen LogP contribution < -0.4 is 0 Å². The first-order chi connectivity index (χ1) is 11.5. The Balaban J connectivity index is 1.65. The third-order valence-corrected chi connectivity index (χ3v) is 4.88. The highest BCUT2D eigenvalue weighted by molar-refractivity contribution is 6.31. The molecule has 0 radical (unpaired) electrons. The number of fused-ring (bicyclic) bond motifs is 3. The van der Waals surface area contributed by atoms with Crippen LogP contribution in [0.3, 0.4) is 0 Å². The number of halogens is 2. The van der Waals surface area contributed by atoms with Crippen LogP contribution in [-0.2, 0) is 13.0 Å². The van der Waals surface area contributed by atoms with Gasteiger partial charge in [0.15, 0.2) is 0 Å². The van der Waals surface area contributed by atoms with Crippen LogP contribution in [0, 0.1) is 12.7 Å². The van der Waals surface area contributed by atoms with E-state index in [0.717, 1.165) is 23.0 Å². The Morgan fingerprint density at radius 1 is 1.25 bits per heavy atom. The summed E-state index contributed by atoms with van der Waals surface area (Å²) in [5.41, 5.74) is 4.20. The largest absolute Gasteiger partial charge is 0.357 e. The molecular weight excluding hydrogens is 327 g/mol. The second kappa shape index (κ2) is 5.64. The van der Waals surface area contributed by atoms with Crippen LogP contribution in [0.4, 0.5) is 4.39 Å². The second-order valence-electron chi connectivity index (χ2n) is 6.21. The molecule has 122 valence electrons. The van der Waals surface area contributed by atoms with E-state index in [1.807, 2.05) is 18.2 Å². The summed E-state index contributed by atoms with van der Waals surface area (Å²) in [5.74, 6) is -0.491. The van der Waals surface area contributed by atoms with Crippen LogP contribution >= 0.6 is 11.6 Å². The SMILES string of the molecule is Cc1ccc(C(=O)N2CCc3c([nH]c4ccc(Cl)cc34)C2)cc1F. The normalized spacial score (nSPS) is 14.0. The molecule has 1 amide bonds. The van der Waals surface area contributed by atoms with Crippen LogP contribution in [0.25, 0.3) is 10.9 Å². The van der Waals surface area contributed by atoms with Gasteiger partial charge < -0.3 is 9.88 Å². The Morgan fingerprint density at radius 3 is 2.88 bits per heavy atom. The quantitative estimate of drug-likeness (QED) is 0.696. The summed E-state index contributed by atoms with van der Waals surface area (Å²) in [7, 11) is 0. The van der Waals surface area contributed by atoms with Crippen LogP contribution in [-0.4, -0.2) is 22.3 Å². The first-order valence-corrected chi connectivity index (χ1v) is 8.25. The van der Waals surface area contributed by atoms with Gasteiger partial charge in [0.1, 0.15) is 5.82 Å². The van der Waals surface area contributed by atoms with E-state index >= 15 is 0 Å². The molecule has 24 heavy (non-hydrogen) atoms. The zero-order valence-corrected chi connectivity index (χ0v) is 14.0. The lowest BCUT2D eigenvalue weighted by Gasteiger charge is -2.27. The fourth-order valence-electron chi connectivity index (χ4n) is 3.29. The number of aromatic amines is 1. The fraction of sp³-hybridized carbons (Fsp3) is 0.211. The molecule has 1 N–H and O–H groups in total. The van der Waals surface area contributed by atoms with Gasteiger partial charge in [0.25, 0.3) is 5.91 Å². The predicted octanol–water partition coefficient (Wildman–Crippen LogP) is 4.47. The van der Waals surface area contributed by atoms with Gasteiger partial charge in [-0.1, -0.05) is 17.7 Å². The van der Waals surface area contributed by atoms with Gasteiger partial charge in [0, 0.05) is 33.7 Å². The summed E-state index contributed by atoms with van der Waals surface area (Å²) in [5, 5.41) is 1.82. The first-order valence-electron chi connectivity index (χ1n) is 7.87. The Hall–Kier alpha value is -2.33. The van der Waals surface area contributed by atoms with E-state index in [1.165, 1.54) is 11.6 Å². The number of H-pyrrole nitrogens is 1. The smallest absolute Gasteiger partial charge is 0.254 e. The number of hydrogen-bond acceptors (Lipinski definition) is 1. The Bertz CT molecular complexity index is 963. The maximum atomic E-state index is 13.7. The van der Waals surface area contributed by atoms with E-state index in [-0.39, 0.29) is 11.7 Å². The summed E-state index contributed by atoms with van der Waals surface area (Å²) in [4.78, 5) is 17.8. The minimum absolute atomic E-state index is 0.142. The third kappa shape index (κ3) is 2.47. The molecule has 0 aliphatic carbocycles. The van der Waals surface area contributed by atoms with Crippen molar-refractivity contribution in [3.05, 3.63) is 69.6 Å². The lowest BCUT2D eigenvalue weighted by molar-refractivity contribution is 0.0732. The lowest BCUT2D eigenvalue weighted by atomic mass is 10.0. The summed E-state index contributed by atoms with van der Waals surface area (Å²) >= 11 is 6.09. The van der Waals surface area contributed by atoms with Gasteiger partial charge in [-0.15, -0.1) is 0 Å². The predicted molar refractivity (Wildman–Crippen MR) is 92.9 cm³/mol. The first kappa shape index (κ1) is 15.2. The van der Waals surface area contributed by atoms with Gasteiger partial charge >= 0.3 is 0 Å². The van der Waals surface area contributed by atoms with E-state index in [9.17, 15) is 9.18 Å². The van der Waals surface area contributed by atoms with Gasteiger partial charge in [0.2, 0.25) is 0 Å². The molecule has 0 unspecified atom stereocenters. The van der Waals surface area contributed by atoms with E-state index in [0.29, 0.717) is 29.2 Å². The molecule has 1 aliphatic rings. The van der Waals surface area contributed by atoms with Crippen LogP contribution in [0.1, 0.15) is 27.2 Å². The van der Waals surface area contributed by atoms with Crippen molar-refractivity contribution in [2.45, 2.75) is 19.9 Å². The van der Waals surface area contributed by atoms with Crippen LogP contribution in [0.15, 0.2) is 36.4 Å². The van der Waals surface area contributed by atoms with E-state index in [4.69, 9.17) is 11.6 Å². The van der Waals surface area contributed by atoms with E-state index in [1.54, 1.807) is 24.0 Å². The zero-order valence-electron chi connectivity index (χ0n) is 13.2. The topological polar surface area (TPSA) is 36.1 Å². The van der Waals surface area contributed by atoms with Gasteiger partial charge in [-0.3, -0.25) is 4.79 Å². The molecular formula is C19H16ClFN2O. The Morgan fingerprint density at radius 2 is 2.08 bits per heavy atom. The summed E-state index contributed by atoms with van der Waals surface area (Å²) < 4.78 is 13.7. The van der Waals surface area contributed by atoms with Gasteiger partial charge in [-0.05, 0) is 54.8 Å². The maximum absolute atomic E-state index is 13.7. The molecule has 2 heterocycles. The number of benzene rings is 2. The molecule has 0 fully saturated rings. The average molecular weight is 343 g/mol. The monoisotopic (exact) mass is 342 g/mol. The van der Waals surface area contributed by atoms with Crippen molar-refractivity contribution in [2.24, 2.45) is 0 Å². The second-order valence-corrected chi connectivity index (χ2v) is 6.65. The van der Waals surface area contributed by atoms with Gasteiger partial charge in [0.05, 0.1) is 6.54 Å². The zero-order chi connectivity index (χ0) is 16.8. The van der Waals surface area contributed by atoms with Crippen LogP contribution in [0.2, 0.25) is 5.02 Å². The average Bonchev–Trinajstić information content (AvgIpc) is 2.93. The number of carbonyl (C=O) groups is 1. The van der Waals surface area contributed by atoms with Gasteiger partial charge in [-0.25, -0.2) is 4.39 Å². The molecule has 5 heteroatoms. The highest BCUT2D eigenvalue weighted by Crippen LogP contribution is 2.30. The number of nitrogens with zero attached hydrogens (tertiary/aromatic N) is 1. The molecule has 0 bridgehead atoms. The molecule has 3 aromatic rings. The Kier molecular flexibility index (Phi) is 3.57. The minimum Gasteiger partial charge on any atom is -0.357 e. The van der Waals surface area contributed by atoms with Crippen molar-refractivity contribution >= 4 is 28.4 Å². The summed E-state index contributed by atoms with van der Waals surface area (Å²) in [6, 6.07) is 10.4. The number of carbonyl (C=O) groups excluding carboxylic acids is 1. The van der Waals surface area contributed by atoms with Crippen molar-refractivity contribution in [1.29, 1.82) is 0 Å². The molecule has 0 atom stereocenters. The van der Waals surface area contributed by atoms with E-state index < -0.39 is 0 Å². The number of amides is 1. The summed E-state index contributed by atoms with van der Waals surface area (Å²) in [6.45, 7) is 2.79. The highest BCUT2D eigenvalue weighted by atomic mass is 35.5. The Labute approximate surface area is 144 Å². The van der Waals surface area contributed by atoms with Gasteiger partial charge in [-0.2, -0.15) is 0 Å². The lowest BCUT2D eigenvalue weighted by Crippen LogP contribution is -2.35. The van der Waals surface area contributed by atoms with Crippen molar-refractivity contribution in [3.63, 3.8) is 0 Å². The summed E-state index contributed by atoms with van der Waals surface area (Å²) in [6.07, 6.45) is 0.760. The number of aromatic nitrogens is 1. The van der Waals surface area contributed by atoms with Crippen molar-refractivity contribution in [2.75, 3.05) is 6.54 Å². The van der Waals surface area contributed by atoms with Crippen molar-refractivity contribution in [1.82, 2.24) is 9.88 Å². The molecule has 2 aromatic carbocycles. The standard InChI is InChI=1S/C19H16ClFN2O/c1-11-2-3-12(8-16(11)21)19(24)23-7-6-14-15-9-13(20)4-5-17(15)22-18(14)10-23/h2-5,8-9,22H,6-7,10H2,1H3. The highest BCUT2D eigenvalue weighted by Gasteiger charge is 2.25. The van der Waals surface area contributed by atoms with Crippen molar-refractivity contribution in [3.8, 4) is 0 Å². The van der Waals surface area contributed by atoms with Crippen LogP contribution in [0.5, 0.6) is 0 Å². The maximum Gasteiger partial charge on any atom is 0.254 e. The van der Waals surface area contributed by atoms with E-state index in [2.05, 4.69) is 4.98 Å². The molecule has 0 spiro atoms. The number of rotatable bonds is 1. The third-order valence-electron chi connectivity index (χ3n) is 4.64. The molecule has 3 nitrogen and oxygen atoms in total. The molecule has 4 rings (SSSR count). The molecule has 1 aromatic heterocycles. The fourth-order valence-corrected chi connectivity index (χ4v) is 3.47. The molecule has 1 aliphatic heterocycles. The van der Waals surface area contributed by atoms with Crippen molar-refractivity contribution < 1.29 is 9.18 Å². The number of hydrogen-bond donors (Lipinski definition) is 1. The molecule has 0 saturated carbocycles.